The number of hydrogen-bond acceptors (Lipinski definition) is 5. The number of aromatic nitrogens is 2. The number of carbonyl (C=O) groups is 1. The Bertz CT molecular complexity index is 610. The Morgan fingerprint density at radius 1 is 1.29 bits per heavy atom. The molecule has 8 heteroatoms. The van der Waals surface area contributed by atoms with Gasteiger partial charge in [-0.3, -0.25) is 4.79 Å². The van der Waals surface area contributed by atoms with Crippen LogP contribution in [0.1, 0.15) is 13.3 Å². The van der Waals surface area contributed by atoms with Crippen LogP contribution in [0.3, 0.4) is 0 Å². The number of benzene rings is 1. The summed E-state index contributed by atoms with van der Waals surface area (Å²) in [5.41, 5.74) is 0.639. The Labute approximate surface area is 131 Å². The molecule has 6 nitrogen and oxygen atoms in total. The zero-order chi connectivity index (χ0) is 15.2. The topological polar surface area (TPSA) is 80.0 Å². The number of nitrogens with zero attached hydrogens (tertiary/aromatic N) is 2. The molecule has 0 unspecified atom stereocenters. The number of nitrogens with one attached hydrogen (secondary N) is 2. The van der Waals surface area contributed by atoms with Gasteiger partial charge in [0.05, 0.1) is 6.54 Å². The smallest absolute Gasteiger partial charge is 0.322 e. The summed E-state index contributed by atoms with van der Waals surface area (Å²) in [5, 5.41) is 10.3. The summed E-state index contributed by atoms with van der Waals surface area (Å²) in [7, 11) is 0. The maximum Gasteiger partial charge on any atom is 0.322 e. The number of anilines is 1. The fourth-order valence-corrected chi connectivity index (χ4v) is 2.10. The van der Waals surface area contributed by atoms with Crippen molar-refractivity contribution in [3.8, 4) is 11.4 Å². The van der Waals surface area contributed by atoms with Crippen molar-refractivity contribution in [2.45, 2.75) is 13.3 Å². The number of hydrogen-bond donors (Lipinski definition) is 2. The molecule has 0 aliphatic rings. The first kappa shape index (κ1) is 15.6. The third-order valence-corrected chi connectivity index (χ3v) is 2.96. The SMILES string of the molecule is CCCNC(=O)CNc1nc(-c2cc(Cl)cc(Cl)c2)no1. The highest BCUT2D eigenvalue weighted by molar-refractivity contribution is 6.35. The van der Waals surface area contributed by atoms with E-state index >= 15 is 0 Å². The summed E-state index contributed by atoms with van der Waals surface area (Å²) in [6, 6.07) is 5.13. The Morgan fingerprint density at radius 2 is 2.00 bits per heavy atom. The summed E-state index contributed by atoms with van der Waals surface area (Å²) in [5.74, 6) is 0.207. The van der Waals surface area contributed by atoms with Crippen LogP contribution < -0.4 is 10.6 Å². The molecule has 0 spiro atoms. The number of carbonyl (C=O) groups excluding carboxylic acids is 1. The third kappa shape index (κ3) is 4.61. The van der Waals surface area contributed by atoms with Crippen molar-refractivity contribution in [3.63, 3.8) is 0 Å². The van der Waals surface area contributed by atoms with Crippen LogP contribution in [0, 0.1) is 0 Å². The molecule has 0 saturated heterocycles. The molecule has 21 heavy (non-hydrogen) atoms. The average Bonchev–Trinajstić information content (AvgIpc) is 2.90. The van der Waals surface area contributed by atoms with Gasteiger partial charge in [-0.2, -0.15) is 4.98 Å². The maximum atomic E-state index is 11.4. The largest absolute Gasteiger partial charge is 0.355 e. The van der Waals surface area contributed by atoms with E-state index in [0.717, 1.165) is 6.42 Å². The lowest BCUT2D eigenvalue weighted by Gasteiger charge is -2.02. The van der Waals surface area contributed by atoms with Crippen LogP contribution in [0.4, 0.5) is 6.01 Å². The molecule has 2 N–H and O–H groups in total. The predicted molar refractivity (Wildman–Crippen MR) is 81.5 cm³/mol. The molecule has 0 fully saturated rings. The fraction of sp³-hybridized carbons (Fsp3) is 0.308. The van der Waals surface area contributed by atoms with Crippen molar-refractivity contribution < 1.29 is 9.32 Å². The molecule has 2 rings (SSSR count). The van der Waals surface area contributed by atoms with Crippen molar-refractivity contribution in [1.29, 1.82) is 0 Å². The zero-order valence-corrected chi connectivity index (χ0v) is 12.8. The van der Waals surface area contributed by atoms with Gasteiger partial charge in [0.15, 0.2) is 0 Å². The number of rotatable bonds is 6. The minimum Gasteiger partial charge on any atom is -0.355 e. The van der Waals surface area contributed by atoms with E-state index < -0.39 is 0 Å². The third-order valence-electron chi connectivity index (χ3n) is 2.52. The number of amides is 1. The molecule has 1 amide bonds. The van der Waals surface area contributed by atoms with Crippen LogP contribution >= 0.6 is 23.2 Å². The minimum absolute atomic E-state index is 0.0674. The Kier molecular flexibility index (Phi) is 5.41. The highest BCUT2D eigenvalue weighted by Crippen LogP contribution is 2.25. The summed E-state index contributed by atoms with van der Waals surface area (Å²) in [4.78, 5) is 15.6. The quantitative estimate of drug-likeness (QED) is 0.852. The lowest BCUT2D eigenvalue weighted by atomic mass is 10.2. The molecule has 1 aromatic carbocycles. The zero-order valence-electron chi connectivity index (χ0n) is 11.3. The summed E-state index contributed by atoms with van der Waals surface area (Å²) < 4.78 is 5.02. The van der Waals surface area contributed by atoms with Gasteiger partial charge in [-0.1, -0.05) is 35.3 Å². The van der Waals surface area contributed by atoms with Crippen LogP contribution in [0.15, 0.2) is 22.7 Å². The Morgan fingerprint density at radius 3 is 2.67 bits per heavy atom. The second kappa shape index (κ2) is 7.28. The van der Waals surface area contributed by atoms with E-state index in [2.05, 4.69) is 20.8 Å². The molecule has 0 radical (unpaired) electrons. The van der Waals surface area contributed by atoms with Gasteiger partial charge in [-0.25, -0.2) is 0 Å². The van der Waals surface area contributed by atoms with Gasteiger partial charge in [0.25, 0.3) is 0 Å². The van der Waals surface area contributed by atoms with Crippen LogP contribution in [0.5, 0.6) is 0 Å². The fourth-order valence-electron chi connectivity index (χ4n) is 1.58. The first-order chi connectivity index (χ1) is 10.1. The second-order valence-electron chi connectivity index (χ2n) is 4.28. The Hall–Kier alpha value is -1.79. The van der Waals surface area contributed by atoms with Crippen molar-refractivity contribution in [2.75, 3.05) is 18.4 Å². The molecule has 2 aromatic rings. The van der Waals surface area contributed by atoms with Crippen molar-refractivity contribution in [1.82, 2.24) is 15.5 Å². The lowest BCUT2D eigenvalue weighted by Crippen LogP contribution is -2.30. The van der Waals surface area contributed by atoms with Gasteiger partial charge in [0, 0.05) is 22.2 Å². The van der Waals surface area contributed by atoms with E-state index in [4.69, 9.17) is 27.7 Å². The summed E-state index contributed by atoms with van der Waals surface area (Å²) in [6.07, 6.45) is 0.881. The first-order valence-electron chi connectivity index (χ1n) is 6.39. The normalized spacial score (nSPS) is 10.4. The van der Waals surface area contributed by atoms with Gasteiger partial charge >= 0.3 is 6.01 Å². The minimum atomic E-state index is -0.137. The second-order valence-corrected chi connectivity index (χ2v) is 5.16. The van der Waals surface area contributed by atoms with Crippen molar-refractivity contribution in [2.24, 2.45) is 0 Å². The van der Waals surface area contributed by atoms with Crippen LogP contribution in [-0.4, -0.2) is 29.1 Å². The highest BCUT2D eigenvalue weighted by atomic mass is 35.5. The molecule has 1 heterocycles. The van der Waals surface area contributed by atoms with Gasteiger partial charge in [0.1, 0.15) is 0 Å². The monoisotopic (exact) mass is 328 g/mol. The first-order valence-corrected chi connectivity index (χ1v) is 7.15. The van der Waals surface area contributed by atoms with Crippen molar-refractivity contribution in [3.05, 3.63) is 28.2 Å². The lowest BCUT2D eigenvalue weighted by molar-refractivity contribution is -0.119. The number of halogens is 2. The van der Waals surface area contributed by atoms with Crippen LogP contribution in [0.25, 0.3) is 11.4 Å². The molecule has 0 saturated carbocycles. The van der Waals surface area contributed by atoms with Crippen molar-refractivity contribution >= 4 is 35.1 Å². The van der Waals surface area contributed by atoms with Gasteiger partial charge in [0.2, 0.25) is 11.7 Å². The standard InChI is InChI=1S/C13H14Cl2N4O2/c1-2-3-16-11(20)7-17-13-18-12(19-21-13)8-4-9(14)6-10(15)5-8/h4-6H,2-3,7H2,1H3,(H,16,20)(H,17,18,19). The van der Waals surface area contributed by atoms with E-state index in [1.807, 2.05) is 6.92 Å². The van der Waals surface area contributed by atoms with Gasteiger partial charge < -0.3 is 15.2 Å². The van der Waals surface area contributed by atoms with Gasteiger partial charge in [-0.05, 0) is 24.6 Å². The van der Waals surface area contributed by atoms with E-state index in [0.29, 0.717) is 28.0 Å². The maximum absolute atomic E-state index is 11.4. The molecular weight excluding hydrogens is 315 g/mol. The van der Waals surface area contributed by atoms with E-state index in [1.54, 1.807) is 18.2 Å². The van der Waals surface area contributed by atoms with Gasteiger partial charge in [-0.15, -0.1) is 0 Å². The summed E-state index contributed by atoms with van der Waals surface area (Å²) >= 11 is 11.8. The molecular formula is C13H14Cl2N4O2. The molecule has 0 aliphatic carbocycles. The predicted octanol–water partition coefficient (Wildman–Crippen LogP) is 2.98. The van der Waals surface area contributed by atoms with E-state index in [9.17, 15) is 4.79 Å². The molecule has 0 atom stereocenters. The Balaban J connectivity index is 1.99. The van der Waals surface area contributed by atoms with Crippen LogP contribution in [0.2, 0.25) is 10.0 Å². The summed E-state index contributed by atoms with van der Waals surface area (Å²) in [6.45, 7) is 2.68. The molecule has 0 bridgehead atoms. The highest BCUT2D eigenvalue weighted by Gasteiger charge is 2.11. The molecule has 112 valence electrons. The van der Waals surface area contributed by atoms with Crippen LogP contribution in [-0.2, 0) is 4.79 Å². The van der Waals surface area contributed by atoms with E-state index in [-0.39, 0.29) is 18.5 Å². The van der Waals surface area contributed by atoms with E-state index in [1.165, 1.54) is 0 Å². The molecule has 0 aliphatic heterocycles. The molecule has 1 aromatic heterocycles. The average molecular weight is 329 g/mol.